The number of imidazole rings is 1. The normalized spacial score (nSPS) is 19.0. The summed E-state index contributed by atoms with van der Waals surface area (Å²) in [5.41, 5.74) is 7.98. The van der Waals surface area contributed by atoms with E-state index in [2.05, 4.69) is 34.7 Å². The van der Waals surface area contributed by atoms with Crippen LogP contribution in [0.2, 0.25) is 0 Å². The van der Waals surface area contributed by atoms with Crippen LogP contribution in [-0.2, 0) is 11.2 Å². The Morgan fingerprint density at radius 2 is 2.14 bits per heavy atom. The fourth-order valence-corrected chi connectivity index (χ4v) is 2.63. The minimum atomic E-state index is 0.0877. The Morgan fingerprint density at radius 3 is 2.86 bits per heavy atom. The molecular formula is C16H22N4O. The van der Waals surface area contributed by atoms with Crippen molar-refractivity contribution in [2.75, 3.05) is 31.1 Å². The fourth-order valence-electron chi connectivity index (χ4n) is 2.63. The number of nitrogens with two attached hydrogens (primary N) is 1. The predicted octanol–water partition coefficient (Wildman–Crippen LogP) is 1.60. The van der Waals surface area contributed by atoms with E-state index in [1.165, 1.54) is 0 Å². The largest absolute Gasteiger partial charge is 0.373 e. The van der Waals surface area contributed by atoms with Crippen LogP contribution in [0.15, 0.2) is 36.5 Å². The maximum atomic E-state index is 5.75. The highest BCUT2D eigenvalue weighted by atomic mass is 16.5. The molecule has 1 aromatic carbocycles. The molecular weight excluding hydrogens is 264 g/mol. The lowest BCUT2D eigenvalue weighted by Crippen LogP contribution is -2.46. The molecule has 1 saturated heterocycles. The molecule has 2 aromatic rings. The first-order chi connectivity index (χ1) is 10.3. The van der Waals surface area contributed by atoms with Crippen LogP contribution in [-0.4, -0.2) is 41.9 Å². The van der Waals surface area contributed by atoms with Gasteiger partial charge in [-0.25, -0.2) is 4.98 Å². The summed E-state index contributed by atoms with van der Waals surface area (Å²) in [4.78, 5) is 7.06. The second kappa shape index (κ2) is 6.28. The molecule has 0 amide bonds. The van der Waals surface area contributed by atoms with E-state index in [0.717, 1.165) is 36.8 Å². The number of morpholine rings is 1. The summed E-state index contributed by atoms with van der Waals surface area (Å²) in [5.74, 6) is 0.986. The number of aromatic nitrogens is 2. The summed E-state index contributed by atoms with van der Waals surface area (Å²) < 4.78 is 7.82. The van der Waals surface area contributed by atoms with Crippen LogP contribution >= 0.6 is 0 Å². The van der Waals surface area contributed by atoms with Gasteiger partial charge in [-0.15, -0.1) is 0 Å². The molecule has 0 radical (unpaired) electrons. The average molecular weight is 286 g/mol. The Kier molecular flexibility index (Phi) is 4.22. The molecule has 112 valence electrons. The number of nitrogens with zero attached hydrogens (tertiary/aromatic N) is 3. The number of ether oxygens (including phenoxy) is 1. The summed E-state index contributed by atoms with van der Waals surface area (Å²) in [6, 6.07) is 10.3. The van der Waals surface area contributed by atoms with Gasteiger partial charge in [-0.1, -0.05) is 25.1 Å². The first kappa shape index (κ1) is 14.1. The summed E-state index contributed by atoms with van der Waals surface area (Å²) in [6.45, 7) is 5.02. The molecule has 5 heteroatoms. The number of benzene rings is 1. The van der Waals surface area contributed by atoms with Gasteiger partial charge in [-0.05, 0) is 18.6 Å². The Balaban J connectivity index is 1.95. The van der Waals surface area contributed by atoms with Gasteiger partial charge < -0.3 is 15.4 Å². The van der Waals surface area contributed by atoms with Crippen LogP contribution in [0.25, 0.3) is 5.69 Å². The highest BCUT2D eigenvalue weighted by Gasteiger charge is 2.23. The molecule has 1 unspecified atom stereocenters. The molecule has 1 aromatic heterocycles. The average Bonchev–Trinajstić information content (AvgIpc) is 3.00. The van der Waals surface area contributed by atoms with Gasteiger partial charge in [0.25, 0.3) is 0 Å². The molecule has 1 atom stereocenters. The van der Waals surface area contributed by atoms with Crippen LogP contribution in [0, 0.1) is 0 Å². The molecule has 1 aliphatic rings. The molecule has 2 N–H and O–H groups in total. The Labute approximate surface area is 125 Å². The van der Waals surface area contributed by atoms with Crippen LogP contribution in [0.3, 0.4) is 0 Å². The molecule has 0 saturated carbocycles. The molecule has 5 nitrogen and oxygen atoms in total. The van der Waals surface area contributed by atoms with Crippen molar-refractivity contribution in [3.05, 3.63) is 42.2 Å². The summed E-state index contributed by atoms with van der Waals surface area (Å²) >= 11 is 0. The second-order valence-electron chi connectivity index (χ2n) is 5.27. The van der Waals surface area contributed by atoms with Gasteiger partial charge >= 0.3 is 0 Å². The van der Waals surface area contributed by atoms with E-state index in [9.17, 15) is 0 Å². The van der Waals surface area contributed by atoms with E-state index < -0.39 is 0 Å². The fraction of sp³-hybridized carbons (Fsp3) is 0.438. The molecule has 0 bridgehead atoms. The zero-order valence-corrected chi connectivity index (χ0v) is 12.4. The number of anilines is 1. The highest BCUT2D eigenvalue weighted by Crippen LogP contribution is 2.22. The van der Waals surface area contributed by atoms with Gasteiger partial charge in [0.2, 0.25) is 5.95 Å². The van der Waals surface area contributed by atoms with Gasteiger partial charge in [0.05, 0.1) is 18.4 Å². The van der Waals surface area contributed by atoms with Gasteiger partial charge in [0.15, 0.2) is 0 Å². The minimum Gasteiger partial charge on any atom is -0.373 e. The monoisotopic (exact) mass is 286 g/mol. The molecule has 0 aliphatic carbocycles. The van der Waals surface area contributed by atoms with E-state index in [1.54, 1.807) is 0 Å². The lowest BCUT2D eigenvalue weighted by Gasteiger charge is -2.33. The number of rotatable bonds is 4. The van der Waals surface area contributed by atoms with Crippen LogP contribution in [0.5, 0.6) is 0 Å². The Hall–Kier alpha value is -1.85. The third kappa shape index (κ3) is 2.94. The summed E-state index contributed by atoms with van der Waals surface area (Å²) in [6.07, 6.45) is 3.14. The topological polar surface area (TPSA) is 56.3 Å². The Bertz CT molecular complexity index is 581. The van der Waals surface area contributed by atoms with E-state index in [0.29, 0.717) is 13.2 Å². The quantitative estimate of drug-likeness (QED) is 0.927. The molecule has 2 heterocycles. The SMILES string of the molecule is CCc1cn(-c2ccccc2)c(N2CCOC(CN)C2)n1. The highest BCUT2D eigenvalue weighted by molar-refractivity contribution is 5.45. The van der Waals surface area contributed by atoms with Gasteiger partial charge in [0.1, 0.15) is 0 Å². The Morgan fingerprint density at radius 1 is 1.33 bits per heavy atom. The van der Waals surface area contributed by atoms with Crippen LogP contribution < -0.4 is 10.6 Å². The van der Waals surface area contributed by atoms with Crippen molar-refractivity contribution >= 4 is 5.95 Å². The predicted molar refractivity (Wildman–Crippen MR) is 83.9 cm³/mol. The first-order valence-electron chi connectivity index (χ1n) is 7.52. The van der Waals surface area contributed by atoms with E-state index in [-0.39, 0.29) is 6.10 Å². The van der Waals surface area contributed by atoms with E-state index in [1.807, 2.05) is 18.2 Å². The van der Waals surface area contributed by atoms with E-state index >= 15 is 0 Å². The maximum Gasteiger partial charge on any atom is 0.210 e. The van der Waals surface area contributed by atoms with Gasteiger partial charge in [0, 0.05) is 31.5 Å². The van der Waals surface area contributed by atoms with Crippen molar-refractivity contribution in [1.29, 1.82) is 0 Å². The van der Waals surface area contributed by atoms with Crippen molar-refractivity contribution in [1.82, 2.24) is 9.55 Å². The molecule has 3 rings (SSSR count). The van der Waals surface area contributed by atoms with E-state index in [4.69, 9.17) is 15.5 Å². The number of hydrogen-bond donors (Lipinski definition) is 1. The van der Waals surface area contributed by atoms with Crippen molar-refractivity contribution in [3.63, 3.8) is 0 Å². The summed E-state index contributed by atoms with van der Waals surface area (Å²) in [5, 5.41) is 0. The minimum absolute atomic E-state index is 0.0877. The van der Waals surface area contributed by atoms with Gasteiger partial charge in [-0.2, -0.15) is 0 Å². The number of aryl methyl sites for hydroxylation is 1. The molecule has 1 aliphatic heterocycles. The van der Waals surface area contributed by atoms with Crippen molar-refractivity contribution in [3.8, 4) is 5.69 Å². The van der Waals surface area contributed by atoms with Gasteiger partial charge in [-0.3, -0.25) is 4.57 Å². The number of para-hydroxylation sites is 1. The zero-order chi connectivity index (χ0) is 14.7. The maximum absolute atomic E-state index is 5.75. The standard InChI is InChI=1S/C16H22N4O/c1-2-13-11-20(14-6-4-3-5-7-14)16(18-13)19-8-9-21-15(10-17)12-19/h3-7,11,15H,2,8-10,12,17H2,1H3. The third-order valence-electron chi connectivity index (χ3n) is 3.82. The van der Waals surface area contributed by atoms with Crippen LogP contribution in [0.1, 0.15) is 12.6 Å². The zero-order valence-electron chi connectivity index (χ0n) is 12.4. The lowest BCUT2D eigenvalue weighted by atomic mass is 10.3. The van der Waals surface area contributed by atoms with Crippen LogP contribution in [0.4, 0.5) is 5.95 Å². The third-order valence-corrected chi connectivity index (χ3v) is 3.82. The molecule has 21 heavy (non-hydrogen) atoms. The first-order valence-corrected chi connectivity index (χ1v) is 7.52. The second-order valence-corrected chi connectivity index (χ2v) is 5.27. The lowest BCUT2D eigenvalue weighted by molar-refractivity contribution is 0.0459. The smallest absolute Gasteiger partial charge is 0.210 e. The molecule has 1 fully saturated rings. The summed E-state index contributed by atoms with van der Waals surface area (Å²) in [7, 11) is 0. The number of hydrogen-bond acceptors (Lipinski definition) is 4. The van der Waals surface area contributed by atoms with Crippen molar-refractivity contribution in [2.45, 2.75) is 19.4 Å². The van der Waals surface area contributed by atoms with Crippen molar-refractivity contribution < 1.29 is 4.74 Å². The molecule has 0 spiro atoms. The van der Waals surface area contributed by atoms with Crippen molar-refractivity contribution in [2.24, 2.45) is 5.73 Å².